The topological polar surface area (TPSA) is 58.6 Å². The summed E-state index contributed by atoms with van der Waals surface area (Å²) in [5.74, 6) is -0.583. The molecule has 0 bridgehead atoms. The Labute approximate surface area is 112 Å². The van der Waals surface area contributed by atoms with Crippen LogP contribution < -0.4 is 10.1 Å². The van der Waals surface area contributed by atoms with E-state index in [1.54, 1.807) is 6.07 Å². The van der Waals surface area contributed by atoms with Crippen molar-refractivity contribution in [1.82, 2.24) is 5.32 Å². The molecule has 4 nitrogen and oxygen atoms in total. The van der Waals surface area contributed by atoms with Gasteiger partial charge in [0.15, 0.2) is 6.10 Å². The Kier molecular flexibility index (Phi) is 5.44. The summed E-state index contributed by atoms with van der Waals surface area (Å²) in [4.78, 5) is 10.8. The molecule has 0 aliphatic rings. The average Bonchev–Trinajstić information content (AvgIpc) is 2.29. The maximum absolute atomic E-state index is 10.8. The smallest absolute Gasteiger partial charge is 0.344 e. The normalized spacial score (nSPS) is 12.5. The molecule has 0 amide bonds. The molecule has 0 aliphatic heterocycles. The molecule has 1 rings (SSSR count). The van der Waals surface area contributed by atoms with Crippen LogP contribution in [-0.2, 0) is 11.3 Å². The van der Waals surface area contributed by atoms with Crippen LogP contribution in [0.5, 0.6) is 5.75 Å². The van der Waals surface area contributed by atoms with Crippen molar-refractivity contribution in [2.45, 2.75) is 39.5 Å². The fourth-order valence-corrected chi connectivity index (χ4v) is 1.60. The minimum Gasteiger partial charge on any atom is -0.479 e. The molecule has 2 N–H and O–H groups in total. The Balaban J connectivity index is 2.89. The van der Waals surface area contributed by atoms with Crippen LogP contribution >= 0.6 is 11.6 Å². The maximum Gasteiger partial charge on any atom is 0.344 e. The predicted octanol–water partition coefficient (Wildman–Crippen LogP) is 2.69. The average molecular weight is 272 g/mol. The minimum absolute atomic E-state index is 0.328. The van der Waals surface area contributed by atoms with Gasteiger partial charge in [-0.1, -0.05) is 37.6 Å². The summed E-state index contributed by atoms with van der Waals surface area (Å²) in [7, 11) is 0. The molecule has 0 saturated carbocycles. The second-order valence-corrected chi connectivity index (χ2v) is 4.77. The van der Waals surface area contributed by atoms with E-state index in [1.165, 1.54) is 6.92 Å². The van der Waals surface area contributed by atoms with E-state index in [9.17, 15) is 4.79 Å². The lowest BCUT2D eigenvalue weighted by Gasteiger charge is -2.17. The van der Waals surface area contributed by atoms with E-state index in [0.717, 1.165) is 5.56 Å². The van der Waals surface area contributed by atoms with Crippen molar-refractivity contribution in [3.63, 3.8) is 0 Å². The van der Waals surface area contributed by atoms with E-state index in [4.69, 9.17) is 21.4 Å². The van der Waals surface area contributed by atoms with Crippen molar-refractivity contribution in [3.8, 4) is 5.75 Å². The van der Waals surface area contributed by atoms with Gasteiger partial charge in [0, 0.05) is 18.2 Å². The Morgan fingerprint density at radius 2 is 2.11 bits per heavy atom. The third kappa shape index (κ3) is 4.20. The van der Waals surface area contributed by atoms with Gasteiger partial charge in [0.2, 0.25) is 0 Å². The number of benzene rings is 1. The molecule has 0 heterocycles. The van der Waals surface area contributed by atoms with Gasteiger partial charge in [-0.15, -0.1) is 0 Å². The number of carboxylic acids is 1. The first-order chi connectivity index (χ1) is 8.41. The largest absolute Gasteiger partial charge is 0.479 e. The van der Waals surface area contributed by atoms with Gasteiger partial charge in [-0.2, -0.15) is 0 Å². The van der Waals surface area contributed by atoms with Gasteiger partial charge in [-0.25, -0.2) is 4.79 Å². The number of carbonyl (C=O) groups is 1. The highest BCUT2D eigenvalue weighted by Gasteiger charge is 2.17. The van der Waals surface area contributed by atoms with Crippen molar-refractivity contribution in [2.75, 3.05) is 0 Å². The zero-order valence-corrected chi connectivity index (χ0v) is 11.5. The van der Waals surface area contributed by atoms with Gasteiger partial charge in [-0.05, 0) is 13.0 Å². The molecular weight excluding hydrogens is 254 g/mol. The Morgan fingerprint density at radius 1 is 1.44 bits per heavy atom. The number of aliphatic carboxylic acids is 1. The number of para-hydroxylation sites is 1. The molecule has 0 radical (unpaired) electrons. The number of ether oxygens (including phenoxy) is 1. The van der Waals surface area contributed by atoms with Gasteiger partial charge < -0.3 is 15.2 Å². The number of nitrogens with one attached hydrogen (secondary N) is 1. The monoisotopic (exact) mass is 271 g/mol. The van der Waals surface area contributed by atoms with Crippen molar-refractivity contribution >= 4 is 17.6 Å². The molecule has 0 spiro atoms. The fourth-order valence-electron chi connectivity index (χ4n) is 1.37. The molecular formula is C13H18ClNO3. The number of halogens is 1. The summed E-state index contributed by atoms with van der Waals surface area (Å²) < 4.78 is 5.40. The Bertz CT molecular complexity index is 421. The van der Waals surface area contributed by atoms with E-state index >= 15 is 0 Å². The van der Waals surface area contributed by atoms with Gasteiger partial charge in [0.05, 0.1) is 5.02 Å². The quantitative estimate of drug-likeness (QED) is 0.835. The molecule has 0 aromatic heterocycles. The zero-order valence-electron chi connectivity index (χ0n) is 10.7. The van der Waals surface area contributed by atoms with E-state index in [-0.39, 0.29) is 0 Å². The summed E-state index contributed by atoms with van der Waals surface area (Å²) in [5.41, 5.74) is 0.851. The Morgan fingerprint density at radius 3 is 2.67 bits per heavy atom. The van der Waals surface area contributed by atoms with Gasteiger partial charge in [0.25, 0.3) is 0 Å². The molecule has 1 aromatic rings. The van der Waals surface area contributed by atoms with Crippen LogP contribution in [0.1, 0.15) is 26.3 Å². The van der Waals surface area contributed by atoms with Crippen molar-refractivity contribution in [3.05, 3.63) is 28.8 Å². The molecule has 0 aliphatic carbocycles. The fraction of sp³-hybridized carbons (Fsp3) is 0.462. The first-order valence-electron chi connectivity index (χ1n) is 5.82. The van der Waals surface area contributed by atoms with E-state index < -0.39 is 12.1 Å². The van der Waals surface area contributed by atoms with Crippen LogP contribution in [0.3, 0.4) is 0 Å². The molecule has 0 fully saturated rings. The molecule has 100 valence electrons. The minimum atomic E-state index is -1.02. The summed E-state index contributed by atoms with van der Waals surface area (Å²) in [6.07, 6.45) is -0.928. The summed E-state index contributed by atoms with van der Waals surface area (Å²) in [6, 6.07) is 5.70. The van der Waals surface area contributed by atoms with Crippen molar-refractivity contribution in [1.29, 1.82) is 0 Å². The summed E-state index contributed by atoms with van der Waals surface area (Å²) in [5, 5.41) is 12.5. The SMILES string of the molecule is CC(C)NCc1cccc(Cl)c1OC(C)C(=O)O. The first kappa shape index (κ1) is 14.8. The van der Waals surface area contributed by atoms with E-state index in [1.807, 2.05) is 26.0 Å². The number of hydrogen-bond donors (Lipinski definition) is 2. The van der Waals surface area contributed by atoms with Crippen molar-refractivity contribution < 1.29 is 14.6 Å². The molecule has 1 atom stereocenters. The lowest BCUT2D eigenvalue weighted by molar-refractivity contribution is -0.144. The van der Waals surface area contributed by atoms with Crippen LogP contribution in [-0.4, -0.2) is 23.2 Å². The van der Waals surface area contributed by atoms with E-state index in [0.29, 0.717) is 23.4 Å². The highest BCUT2D eigenvalue weighted by Crippen LogP contribution is 2.29. The molecule has 18 heavy (non-hydrogen) atoms. The number of carboxylic acid groups (broad SMARTS) is 1. The second-order valence-electron chi connectivity index (χ2n) is 4.36. The number of hydrogen-bond acceptors (Lipinski definition) is 3. The second kappa shape index (κ2) is 6.61. The summed E-state index contributed by atoms with van der Waals surface area (Å²) >= 11 is 6.05. The van der Waals surface area contributed by atoms with Crippen LogP contribution in [0.4, 0.5) is 0 Å². The lowest BCUT2D eigenvalue weighted by Crippen LogP contribution is -2.25. The first-order valence-corrected chi connectivity index (χ1v) is 6.20. The third-order valence-corrected chi connectivity index (χ3v) is 2.69. The molecule has 5 heteroatoms. The van der Waals surface area contributed by atoms with Crippen LogP contribution in [0.15, 0.2) is 18.2 Å². The Hall–Kier alpha value is -1.26. The molecule has 1 aromatic carbocycles. The van der Waals surface area contributed by atoms with Crippen LogP contribution in [0, 0.1) is 0 Å². The lowest BCUT2D eigenvalue weighted by atomic mass is 10.2. The van der Waals surface area contributed by atoms with E-state index in [2.05, 4.69) is 5.32 Å². The highest BCUT2D eigenvalue weighted by molar-refractivity contribution is 6.32. The predicted molar refractivity (Wildman–Crippen MR) is 71.2 cm³/mol. The zero-order chi connectivity index (χ0) is 13.7. The van der Waals surface area contributed by atoms with Gasteiger partial charge in [-0.3, -0.25) is 0 Å². The summed E-state index contributed by atoms with van der Waals surface area (Å²) in [6.45, 7) is 6.13. The van der Waals surface area contributed by atoms with Gasteiger partial charge >= 0.3 is 5.97 Å². The van der Waals surface area contributed by atoms with Gasteiger partial charge in [0.1, 0.15) is 5.75 Å². The molecule has 0 saturated heterocycles. The third-order valence-electron chi connectivity index (χ3n) is 2.39. The number of rotatable bonds is 6. The standard InChI is InChI=1S/C13H18ClNO3/c1-8(2)15-7-10-5-4-6-11(14)12(10)18-9(3)13(16)17/h4-6,8-9,15H,7H2,1-3H3,(H,16,17). The van der Waals surface area contributed by atoms with Crippen molar-refractivity contribution in [2.24, 2.45) is 0 Å². The van der Waals surface area contributed by atoms with Crippen LogP contribution in [0.2, 0.25) is 5.02 Å². The maximum atomic E-state index is 10.8. The molecule has 1 unspecified atom stereocenters. The van der Waals surface area contributed by atoms with Crippen LogP contribution in [0.25, 0.3) is 0 Å². The highest BCUT2D eigenvalue weighted by atomic mass is 35.5.